The first-order chi connectivity index (χ1) is 23.1. The maximum absolute atomic E-state index is 12.6. The topological polar surface area (TPSA) is 164 Å². The van der Waals surface area contributed by atoms with Crippen LogP contribution in [0.15, 0.2) is 79.1 Å². The van der Waals surface area contributed by atoms with Gasteiger partial charge in [-0.1, -0.05) is 43.7 Å². The number of hydrogen-bond acceptors (Lipinski definition) is 11. The third-order valence-corrected chi connectivity index (χ3v) is 6.79. The first-order valence-corrected chi connectivity index (χ1v) is 15.8. The van der Waals surface area contributed by atoms with Crippen molar-refractivity contribution in [1.82, 2.24) is 30.6 Å². The van der Waals surface area contributed by atoms with E-state index in [1.54, 1.807) is 36.7 Å². The number of carbonyl (C=O) groups is 2. The smallest absolute Gasteiger partial charge is 0.251 e. The second kappa shape index (κ2) is 20.1. The molecule has 13 nitrogen and oxygen atoms in total. The van der Waals surface area contributed by atoms with Crippen molar-refractivity contribution in [1.29, 1.82) is 0 Å². The quantitative estimate of drug-likeness (QED) is 0.0839. The van der Waals surface area contributed by atoms with Crippen molar-refractivity contribution in [3.05, 3.63) is 101 Å². The van der Waals surface area contributed by atoms with Crippen LogP contribution >= 0.6 is 0 Å². The summed E-state index contributed by atoms with van der Waals surface area (Å²) < 4.78 is 11.0. The van der Waals surface area contributed by atoms with Crippen molar-refractivity contribution in [3.63, 3.8) is 0 Å². The lowest BCUT2D eigenvalue weighted by atomic mass is 10.1. The van der Waals surface area contributed by atoms with Gasteiger partial charge in [-0.2, -0.15) is 15.0 Å². The number of aromatic nitrogens is 4. The summed E-state index contributed by atoms with van der Waals surface area (Å²) in [7, 11) is 0. The van der Waals surface area contributed by atoms with Crippen molar-refractivity contribution < 1.29 is 19.1 Å². The fraction of sp³-hybridized carbons (Fsp3) is 0.353. The van der Waals surface area contributed by atoms with Crippen LogP contribution in [0.1, 0.15) is 51.6 Å². The predicted octanol–water partition coefficient (Wildman–Crippen LogP) is 3.90. The monoisotopic (exact) mass is 641 g/mol. The molecule has 0 aliphatic heterocycles. The number of pyridine rings is 1. The number of nitrogens with zero attached hydrogens (tertiary/aromatic N) is 4. The van der Waals surface area contributed by atoms with Gasteiger partial charge in [0, 0.05) is 56.2 Å². The maximum atomic E-state index is 12.6. The van der Waals surface area contributed by atoms with E-state index in [2.05, 4.69) is 53.4 Å². The van der Waals surface area contributed by atoms with Gasteiger partial charge in [-0.15, -0.1) is 0 Å². The Morgan fingerprint density at radius 2 is 1.11 bits per heavy atom. The number of hydrogen-bond donors (Lipinski definition) is 5. The summed E-state index contributed by atoms with van der Waals surface area (Å²) in [5, 5.41) is 15.4. The highest BCUT2D eigenvalue weighted by molar-refractivity contribution is 5.94. The molecule has 4 rings (SSSR count). The van der Waals surface area contributed by atoms with Gasteiger partial charge in [-0.05, 0) is 53.9 Å². The van der Waals surface area contributed by atoms with Crippen LogP contribution in [0.25, 0.3) is 0 Å². The van der Waals surface area contributed by atoms with Crippen LogP contribution in [0, 0.1) is 0 Å². The molecule has 0 radical (unpaired) electrons. The van der Waals surface area contributed by atoms with E-state index in [-0.39, 0.29) is 11.8 Å². The highest BCUT2D eigenvalue weighted by Gasteiger charge is 2.09. The normalized spacial score (nSPS) is 10.7. The molecule has 2 amide bonds. The molecule has 2 heterocycles. The highest BCUT2D eigenvalue weighted by atomic mass is 16.5. The third kappa shape index (κ3) is 13.0. The van der Waals surface area contributed by atoms with Crippen LogP contribution < -0.4 is 26.6 Å². The molecule has 0 saturated heterocycles. The van der Waals surface area contributed by atoms with Gasteiger partial charge in [0.1, 0.15) is 0 Å². The second-order valence-corrected chi connectivity index (χ2v) is 10.4. The van der Waals surface area contributed by atoms with Gasteiger partial charge in [0.05, 0.1) is 26.4 Å². The Labute approximate surface area is 275 Å². The maximum Gasteiger partial charge on any atom is 0.251 e. The molecule has 47 heavy (non-hydrogen) atoms. The molecular weight excluding hydrogens is 598 g/mol. The molecule has 0 saturated carbocycles. The molecule has 0 aliphatic carbocycles. The van der Waals surface area contributed by atoms with Crippen molar-refractivity contribution in [3.8, 4) is 0 Å². The Balaban J connectivity index is 1.12. The van der Waals surface area contributed by atoms with Gasteiger partial charge in [0.25, 0.3) is 11.8 Å². The Bertz CT molecular complexity index is 1490. The third-order valence-electron chi connectivity index (χ3n) is 6.79. The van der Waals surface area contributed by atoms with Gasteiger partial charge in [-0.25, -0.2) is 0 Å². The van der Waals surface area contributed by atoms with E-state index in [4.69, 9.17) is 9.47 Å². The molecule has 4 aromatic rings. The average Bonchev–Trinajstić information content (AvgIpc) is 3.11. The zero-order valence-corrected chi connectivity index (χ0v) is 26.7. The van der Waals surface area contributed by atoms with Crippen molar-refractivity contribution in [2.75, 3.05) is 62.0 Å². The Kier molecular flexibility index (Phi) is 14.8. The minimum Gasteiger partial charge on any atom is -0.377 e. The number of nitrogens with one attached hydrogen (secondary N) is 5. The summed E-state index contributed by atoms with van der Waals surface area (Å²) in [6.45, 7) is 6.27. The molecule has 13 heteroatoms. The first kappa shape index (κ1) is 34.7. The Morgan fingerprint density at radius 3 is 1.66 bits per heavy atom. The zero-order chi connectivity index (χ0) is 32.9. The van der Waals surface area contributed by atoms with Crippen molar-refractivity contribution in [2.24, 2.45) is 0 Å². The number of unbranched alkanes of at least 4 members (excludes halogenated alkanes) is 1. The second-order valence-electron chi connectivity index (χ2n) is 10.4. The summed E-state index contributed by atoms with van der Waals surface area (Å²) in [6, 6.07) is 20.3. The lowest BCUT2D eigenvalue weighted by Crippen LogP contribution is -2.28. The number of benzene rings is 2. The van der Waals surface area contributed by atoms with Gasteiger partial charge >= 0.3 is 0 Å². The molecule has 5 N–H and O–H groups in total. The van der Waals surface area contributed by atoms with E-state index in [1.165, 1.54) is 0 Å². The van der Waals surface area contributed by atoms with Gasteiger partial charge < -0.3 is 36.1 Å². The fourth-order valence-corrected chi connectivity index (χ4v) is 4.22. The summed E-state index contributed by atoms with van der Waals surface area (Å²) in [4.78, 5) is 42.1. The van der Waals surface area contributed by atoms with Crippen molar-refractivity contribution in [2.45, 2.75) is 32.9 Å². The zero-order valence-electron chi connectivity index (χ0n) is 26.7. The van der Waals surface area contributed by atoms with Crippen LogP contribution in [0.2, 0.25) is 0 Å². The lowest BCUT2D eigenvalue weighted by molar-refractivity contribution is 0.0486. The molecule has 0 unspecified atom stereocenters. The minimum atomic E-state index is -0.177. The lowest BCUT2D eigenvalue weighted by Gasteiger charge is -2.12. The highest BCUT2D eigenvalue weighted by Crippen LogP contribution is 2.13. The van der Waals surface area contributed by atoms with Gasteiger partial charge in [-0.3, -0.25) is 14.6 Å². The summed E-state index contributed by atoms with van der Waals surface area (Å²) in [6.07, 6.45) is 5.57. The molecule has 0 atom stereocenters. The van der Waals surface area contributed by atoms with E-state index >= 15 is 0 Å². The Morgan fingerprint density at radius 1 is 0.596 bits per heavy atom. The Hall–Kier alpha value is -5.14. The predicted molar refractivity (Wildman–Crippen MR) is 181 cm³/mol. The van der Waals surface area contributed by atoms with Crippen molar-refractivity contribution >= 4 is 29.7 Å². The molecule has 248 valence electrons. The number of anilines is 3. The number of amides is 2. The van der Waals surface area contributed by atoms with Crippen LogP contribution in [0.3, 0.4) is 0 Å². The van der Waals surface area contributed by atoms with E-state index in [9.17, 15) is 9.59 Å². The number of carbonyl (C=O) groups excluding carboxylic acids is 2. The summed E-state index contributed by atoms with van der Waals surface area (Å²) in [5.74, 6) is 1.10. The largest absolute Gasteiger partial charge is 0.377 e. The average molecular weight is 642 g/mol. The fourth-order valence-electron chi connectivity index (χ4n) is 4.22. The summed E-state index contributed by atoms with van der Waals surface area (Å²) >= 11 is 0. The standard InChI is InChI=1S/C34H43N9O4/c1-2-3-15-38-32-41-33(43-34(42-32)40-25-27-13-16-35-17-14-27)39-24-26-9-11-29(12-10-26)31(45)37-19-21-47-23-22-46-20-18-36-30(44)28-7-5-4-6-8-28/h4-14,16-17H,2-3,15,18-25H2,1H3,(H,36,44)(H,37,45)(H3,38,39,40,41,42,43). The molecular formula is C34H43N9O4. The molecule has 0 aliphatic rings. The minimum absolute atomic E-state index is 0.128. The number of ether oxygens (including phenoxy) is 2. The van der Waals surface area contributed by atoms with Crippen LogP contribution in [-0.4, -0.2) is 77.8 Å². The van der Waals surface area contributed by atoms with Gasteiger partial charge in [0.2, 0.25) is 17.8 Å². The van der Waals surface area contributed by atoms with E-state index in [1.807, 2.05) is 42.5 Å². The molecule has 0 spiro atoms. The van der Waals surface area contributed by atoms with E-state index < -0.39 is 0 Å². The molecule has 2 aromatic heterocycles. The van der Waals surface area contributed by atoms with Gasteiger partial charge in [0.15, 0.2) is 0 Å². The van der Waals surface area contributed by atoms with E-state index in [0.29, 0.717) is 81.6 Å². The van der Waals surface area contributed by atoms with E-state index in [0.717, 1.165) is 30.5 Å². The van der Waals surface area contributed by atoms with Crippen LogP contribution in [0.5, 0.6) is 0 Å². The first-order valence-electron chi connectivity index (χ1n) is 15.8. The summed E-state index contributed by atoms with van der Waals surface area (Å²) in [5.41, 5.74) is 3.21. The van der Waals surface area contributed by atoms with Crippen LogP contribution in [-0.2, 0) is 22.6 Å². The SMILES string of the molecule is CCCCNc1nc(NCc2ccncc2)nc(NCc2ccc(C(=O)NCCOCCOCCNC(=O)c3ccccc3)cc2)n1. The van der Waals surface area contributed by atoms with Crippen LogP contribution in [0.4, 0.5) is 17.8 Å². The molecule has 0 fully saturated rings. The number of rotatable bonds is 21. The molecule has 2 aromatic carbocycles. The molecule has 0 bridgehead atoms.